The average Bonchev–Trinajstić information content (AvgIpc) is 3.01. The van der Waals surface area contributed by atoms with Crippen LogP contribution in [-0.2, 0) is 23.0 Å². The number of halogens is 1. The molecule has 1 heterocycles. The number of sulfonamides is 1. The Morgan fingerprint density at radius 3 is 2.50 bits per heavy atom. The lowest BCUT2D eigenvalue weighted by atomic mass is 10.1. The fraction of sp³-hybridized carbons (Fsp3) is 0.267. The van der Waals surface area contributed by atoms with E-state index in [4.69, 9.17) is 16.7 Å². The average molecular weight is 387 g/mol. The van der Waals surface area contributed by atoms with Crippen molar-refractivity contribution in [3.63, 3.8) is 0 Å². The van der Waals surface area contributed by atoms with E-state index in [9.17, 15) is 8.42 Å². The lowest BCUT2D eigenvalue weighted by Crippen LogP contribution is -2.37. The molecule has 1 aromatic heterocycles. The van der Waals surface area contributed by atoms with Crippen molar-refractivity contribution in [3.05, 3.63) is 51.9 Å². The van der Waals surface area contributed by atoms with E-state index in [1.165, 1.54) is 11.6 Å². The molecule has 2 rings (SSSR count). The SMILES string of the molecule is CN=C(NCCc1ccc(Cl)cc1)NCc1ccc(S(N)(=O)=O)s1. The molecule has 0 spiro atoms. The Bertz CT molecular complexity index is 801. The van der Waals surface area contributed by atoms with Gasteiger partial charge in [0.05, 0.1) is 6.54 Å². The fourth-order valence-electron chi connectivity index (χ4n) is 1.97. The van der Waals surface area contributed by atoms with Crippen LogP contribution < -0.4 is 15.8 Å². The normalized spacial score (nSPS) is 12.2. The van der Waals surface area contributed by atoms with E-state index in [-0.39, 0.29) is 4.21 Å². The van der Waals surface area contributed by atoms with Crippen molar-refractivity contribution in [2.24, 2.45) is 10.1 Å². The molecule has 1 aromatic carbocycles. The van der Waals surface area contributed by atoms with Crippen molar-refractivity contribution in [1.82, 2.24) is 10.6 Å². The Hall–Kier alpha value is -1.61. The first-order chi connectivity index (χ1) is 11.4. The van der Waals surface area contributed by atoms with Crippen molar-refractivity contribution >= 4 is 38.9 Å². The minimum Gasteiger partial charge on any atom is -0.356 e. The van der Waals surface area contributed by atoms with Crippen LogP contribution in [0, 0.1) is 0 Å². The number of nitrogens with zero attached hydrogens (tertiary/aromatic N) is 1. The summed E-state index contributed by atoms with van der Waals surface area (Å²) < 4.78 is 22.7. The minimum atomic E-state index is -3.64. The molecule has 0 aliphatic carbocycles. The van der Waals surface area contributed by atoms with Crippen molar-refractivity contribution in [1.29, 1.82) is 0 Å². The highest BCUT2D eigenvalue weighted by Crippen LogP contribution is 2.19. The van der Waals surface area contributed by atoms with Crippen LogP contribution in [0.1, 0.15) is 10.4 Å². The van der Waals surface area contributed by atoms with Gasteiger partial charge in [-0.25, -0.2) is 13.6 Å². The number of hydrogen-bond acceptors (Lipinski definition) is 4. The van der Waals surface area contributed by atoms with Gasteiger partial charge in [0.15, 0.2) is 5.96 Å². The summed E-state index contributed by atoms with van der Waals surface area (Å²) in [5, 5.41) is 12.2. The fourth-order valence-corrected chi connectivity index (χ4v) is 3.82. The summed E-state index contributed by atoms with van der Waals surface area (Å²) in [6.45, 7) is 1.19. The summed E-state index contributed by atoms with van der Waals surface area (Å²) in [5.41, 5.74) is 1.18. The predicted molar refractivity (Wildman–Crippen MR) is 99.0 cm³/mol. The quantitative estimate of drug-likeness (QED) is 0.522. The third-order valence-corrected chi connectivity index (χ3v) is 5.97. The summed E-state index contributed by atoms with van der Waals surface area (Å²) in [5.74, 6) is 0.648. The van der Waals surface area contributed by atoms with Gasteiger partial charge in [-0.15, -0.1) is 11.3 Å². The van der Waals surface area contributed by atoms with Crippen molar-refractivity contribution < 1.29 is 8.42 Å². The van der Waals surface area contributed by atoms with Gasteiger partial charge < -0.3 is 10.6 Å². The Morgan fingerprint density at radius 1 is 1.21 bits per heavy atom. The molecule has 0 radical (unpaired) electrons. The maximum absolute atomic E-state index is 11.3. The third-order valence-electron chi connectivity index (χ3n) is 3.19. The van der Waals surface area contributed by atoms with Gasteiger partial charge in [0.2, 0.25) is 10.0 Å². The number of benzene rings is 1. The molecule has 0 amide bonds. The lowest BCUT2D eigenvalue weighted by molar-refractivity contribution is 0.600. The Morgan fingerprint density at radius 2 is 1.92 bits per heavy atom. The Kier molecular flexibility index (Phi) is 6.61. The zero-order valence-electron chi connectivity index (χ0n) is 13.1. The summed E-state index contributed by atoms with van der Waals surface area (Å²) in [6.07, 6.45) is 0.840. The summed E-state index contributed by atoms with van der Waals surface area (Å²) >= 11 is 7.00. The molecular formula is C15H19ClN4O2S2. The molecule has 0 aliphatic heterocycles. The molecule has 2 aromatic rings. The molecule has 4 N–H and O–H groups in total. The first-order valence-corrected chi connectivity index (χ1v) is 9.93. The zero-order chi connectivity index (χ0) is 17.6. The van der Waals surface area contributed by atoms with Gasteiger partial charge in [0.1, 0.15) is 4.21 Å². The number of guanidine groups is 1. The van der Waals surface area contributed by atoms with Gasteiger partial charge in [0, 0.05) is 23.5 Å². The first kappa shape index (κ1) is 18.7. The molecule has 0 saturated carbocycles. The maximum atomic E-state index is 11.3. The van der Waals surface area contributed by atoms with Crippen LogP contribution in [0.2, 0.25) is 5.02 Å². The third kappa shape index (κ3) is 5.79. The molecule has 0 bridgehead atoms. The van der Waals surface area contributed by atoms with Crippen LogP contribution in [0.3, 0.4) is 0 Å². The highest BCUT2D eigenvalue weighted by molar-refractivity contribution is 7.91. The van der Waals surface area contributed by atoms with Crippen LogP contribution >= 0.6 is 22.9 Å². The molecular weight excluding hydrogens is 368 g/mol. The van der Waals surface area contributed by atoms with Crippen molar-refractivity contribution in [3.8, 4) is 0 Å². The van der Waals surface area contributed by atoms with Crippen molar-refractivity contribution in [2.45, 2.75) is 17.2 Å². The van der Waals surface area contributed by atoms with Gasteiger partial charge in [-0.05, 0) is 36.2 Å². The number of hydrogen-bond donors (Lipinski definition) is 3. The molecule has 130 valence electrons. The van der Waals surface area contributed by atoms with E-state index in [0.717, 1.165) is 27.7 Å². The second-order valence-corrected chi connectivity index (χ2v) is 8.39. The second-order valence-electron chi connectivity index (χ2n) is 4.99. The molecule has 9 heteroatoms. The van der Waals surface area contributed by atoms with Gasteiger partial charge in [-0.3, -0.25) is 4.99 Å². The topological polar surface area (TPSA) is 96.6 Å². The maximum Gasteiger partial charge on any atom is 0.247 e. The number of nitrogens with two attached hydrogens (primary N) is 1. The number of aliphatic imine (C=N–C) groups is 1. The molecule has 0 unspecified atom stereocenters. The molecule has 6 nitrogen and oxygen atoms in total. The van der Waals surface area contributed by atoms with Crippen molar-refractivity contribution in [2.75, 3.05) is 13.6 Å². The number of thiophene rings is 1. The highest BCUT2D eigenvalue weighted by Gasteiger charge is 2.11. The van der Waals surface area contributed by atoms with E-state index >= 15 is 0 Å². The molecule has 24 heavy (non-hydrogen) atoms. The van der Waals surface area contributed by atoms with Gasteiger partial charge in [-0.2, -0.15) is 0 Å². The van der Waals surface area contributed by atoms with Crippen LogP contribution in [0.15, 0.2) is 45.6 Å². The van der Waals surface area contributed by atoms with Crippen LogP contribution in [0.5, 0.6) is 0 Å². The second kappa shape index (κ2) is 8.48. The standard InChI is InChI=1S/C15H19ClN4O2S2/c1-18-15(19-9-8-11-2-4-12(16)5-3-11)20-10-13-6-7-14(23-13)24(17,21)22/h2-7H,8-10H2,1H3,(H2,17,21,22)(H2,18,19,20). The molecule has 0 fully saturated rings. The summed E-state index contributed by atoms with van der Waals surface area (Å²) in [4.78, 5) is 5.00. The monoisotopic (exact) mass is 386 g/mol. The van der Waals surface area contributed by atoms with Gasteiger partial charge in [-0.1, -0.05) is 23.7 Å². The van der Waals surface area contributed by atoms with Crippen LogP contribution in [0.25, 0.3) is 0 Å². The number of primary sulfonamides is 1. The van der Waals surface area contributed by atoms with Crippen LogP contribution in [0.4, 0.5) is 0 Å². The van der Waals surface area contributed by atoms with E-state index in [2.05, 4.69) is 15.6 Å². The largest absolute Gasteiger partial charge is 0.356 e. The number of nitrogens with one attached hydrogen (secondary N) is 2. The first-order valence-electron chi connectivity index (χ1n) is 7.19. The Labute approximate surface area is 150 Å². The summed E-state index contributed by atoms with van der Waals surface area (Å²) in [7, 11) is -1.96. The number of rotatable bonds is 6. The Balaban J connectivity index is 1.80. The van der Waals surface area contributed by atoms with E-state index in [1.807, 2.05) is 24.3 Å². The highest BCUT2D eigenvalue weighted by atomic mass is 35.5. The van der Waals surface area contributed by atoms with E-state index in [1.54, 1.807) is 13.1 Å². The van der Waals surface area contributed by atoms with E-state index in [0.29, 0.717) is 19.0 Å². The van der Waals surface area contributed by atoms with Crippen LogP contribution in [-0.4, -0.2) is 28.0 Å². The zero-order valence-corrected chi connectivity index (χ0v) is 15.5. The predicted octanol–water partition coefficient (Wildman–Crippen LogP) is 1.96. The molecule has 0 aliphatic rings. The molecule has 0 atom stereocenters. The van der Waals surface area contributed by atoms with E-state index < -0.39 is 10.0 Å². The van der Waals surface area contributed by atoms with Gasteiger partial charge >= 0.3 is 0 Å². The lowest BCUT2D eigenvalue weighted by Gasteiger charge is -2.11. The minimum absolute atomic E-state index is 0.157. The smallest absolute Gasteiger partial charge is 0.247 e. The van der Waals surface area contributed by atoms with Gasteiger partial charge in [0.25, 0.3) is 0 Å². The summed E-state index contributed by atoms with van der Waals surface area (Å²) in [6, 6.07) is 10.9. The molecule has 0 saturated heterocycles.